The third-order valence-corrected chi connectivity index (χ3v) is 5.09. The van der Waals surface area contributed by atoms with E-state index < -0.39 is 0 Å². The second kappa shape index (κ2) is 7.86. The molecule has 1 aliphatic heterocycles. The topological polar surface area (TPSA) is 67.5 Å². The summed E-state index contributed by atoms with van der Waals surface area (Å²) in [6.07, 6.45) is 0.686. The van der Waals surface area contributed by atoms with Crippen LogP contribution in [-0.2, 0) is 19.5 Å². The maximum absolute atomic E-state index is 12.5. The lowest BCUT2D eigenvalue weighted by Gasteiger charge is -2.28. The van der Waals surface area contributed by atoms with E-state index in [1.807, 2.05) is 48.5 Å². The number of aromatic nitrogens is 2. The Morgan fingerprint density at radius 1 is 1.11 bits per heavy atom. The van der Waals surface area contributed by atoms with Gasteiger partial charge < -0.3 is 14.5 Å². The molecule has 0 amide bonds. The SMILES string of the molecule is COc1ccc(CN2CCc3c(nc(-c4ccccc4)[nH]c3=O)C2)c(OC)c1. The Hall–Kier alpha value is -3.12. The quantitative estimate of drug-likeness (QED) is 0.740. The highest BCUT2D eigenvalue weighted by Crippen LogP contribution is 2.27. The molecule has 28 heavy (non-hydrogen) atoms. The van der Waals surface area contributed by atoms with Crippen molar-refractivity contribution in [3.8, 4) is 22.9 Å². The number of fused-ring (bicyclic) bond motifs is 1. The van der Waals surface area contributed by atoms with Crippen molar-refractivity contribution in [1.29, 1.82) is 0 Å². The number of hydrogen-bond donors (Lipinski definition) is 1. The minimum Gasteiger partial charge on any atom is -0.497 e. The van der Waals surface area contributed by atoms with E-state index in [1.54, 1.807) is 14.2 Å². The second-order valence-electron chi connectivity index (χ2n) is 6.84. The summed E-state index contributed by atoms with van der Waals surface area (Å²) in [4.78, 5) is 22.5. The molecular weight excluding hydrogens is 354 g/mol. The van der Waals surface area contributed by atoms with Crippen molar-refractivity contribution in [2.45, 2.75) is 19.5 Å². The normalized spacial score (nSPS) is 13.8. The summed E-state index contributed by atoms with van der Waals surface area (Å²) >= 11 is 0. The number of methoxy groups -OCH3 is 2. The predicted octanol–water partition coefficient (Wildman–Crippen LogP) is 3.01. The molecule has 0 aliphatic carbocycles. The van der Waals surface area contributed by atoms with Gasteiger partial charge in [-0.1, -0.05) is 36.4 Å². The highest BCUT2D eigenvalue weighted by Gasteiger charge is 2.22. The van der Waals surface area contributed by atoms with Crippen LogP contribution in [-0.4, -0.2) is 35.6 Å². The number of nitrogens with one attached hydrogen (secondary N) is 1. The third-order valence-electron chi connectivity index (χ3n) is 5.09. The van der Waals surface area contributed by atoms with Crippen LogP contribution < -0.4 is 15.0 Å². The highest BCUT2D eigenvalue weighted by molar-refractivity contribution is 5.54. The summed E-state index contributed by atoms with van der Waals surface area (Å²) in [5.41, 5.74) is 3.60. The van der Waals surface area contributed by atoms with E-state index in [9.17, 15) is 4.79 Å². The van der Waals surface area contributed by atoms with Crippen LogP contribution in [0, 0.1) is 0 Å². The van der Waals surface area contributed by atoms with Gasteiger partial charge in [0.05, 0.1) is 19.9 Å². The minimum absolute atomic E-state index is 0.0365. The van der Waals surface area contributed by atoms with E-state index in [0.717, 1.165) is 47.0 Å². The van der Waals surface area contributed by atoms with Gasteiger partial charge in [0.25, 0.3) is 5.56 Å². The lowest BCUT2D eigenvalue weighted by Crippen LogP contribution is -2.35. The highest BCUT2D eigenvalue weighted by atomic mass is 16.5. The predicted molar refractivity (Wildman–Crippen MR) is 108 cm³/mol. The summed E-state index contributed by atoms with van der Waals surface area (Å²) < 4.78 is 10.8. The zero-order chi connectivity index (χ0) is 19.5. The van der Waals surface area contributed by atoms with Crippen molar-refractivity contribution in [2.24, 2.45) is 0 Å². The lowest BCUT2D eigenvalue weighted by atomic mass is 10.0. The molecule has 1 aromatic heterocycles. The first-order valence-electron chi connectivity index (χ1n) is 9.28. The summed E-state index contributed by atoms with van der Waals surface area (Å²) in [6.45, 7) is 2.16. The number of H-pyrrole nitrogens is 1. The van der Waals surface area contributed by atoms with Gasteiger partial charge in [-0.05, 0) is 12.5 Å². The van der Waals surface area contributed by atoms with Crippen molar-refractivity contribution < 1.29 is 9.47 Å². The molecule has 0 spiro atoms. The van der Waals surface area contributed by atoms with E-state index >= 15 is 0 Å². The van der Waals surface area contributed by atoms with Crippen molar-refractivity contribution >= 4 is 0 Å². The molecule has 1 N–H and O–H groups in total. The molecule has 2 aromatic carbocycles. The van der Waals surface area contributed by atoms with Crippen LogP contribution >= 0.6 is 0 Å². The summed E-state index contributed by atoms with van der Waals surface area (Å²) in [5.74, 6) is 2.19. The summed E-state index contributed by atoms with van der Waals surface area (Å²) in [5, 5.41) is 0. The number of hydrogen-bond acceptors (Lipinski definition) is 5. The van der Waals surface area contributed by atoms with Crippen LogP contribution in [0.25, 0.3) is 11.4 Å². The third kappa shape index (κ3) is 3.64. The lowest BCUT2D eigenvalue weighted by molar-refractivity contribution is 0.237. The molecule has 0 saturated heterocycles. The molecule has 0 atom stereocenters. The Kier molecular flexibility index (Phi) is 5.12. The molecule has 4 rings (SSSR count). The van der Waals surface area contributed by atoms with Crippen LogP contribution in [0.15, 0.2) is 53.3 Å². The van der Waals surface area contributed by atoms with Gasteiger partial charge in [0, 0.05) is 42.4 Å². The summed E-state index contributed by atoms with van der Waals surface area (Å²) in [6, 6.07) is 15.6. The number of benzene rings is 2. The summed E-state index contributed by atoms with van der Waals surface area (Å²) in [7, 11) is 3.31. The molecule has 0 unspecified atom stereocenters. The Morgan fingerprint density at radius 3 is 2.68 bits per heavy atom. The van der Waals surface area contributed by atoms with Gasteiger partial charge in [0.2, 0.25) is 0 Å². The Labute approximate surface area is 163 Å². The molecule has 0 fully saturated rings. The molecule has 6 nitrogen and oxygen atoms in total. The van der Waals surface area contributed by atoms with E-state index in [1.165, 1.54) is 0 Å². The van der Waals surface area contributed by atoms with Crippen LogP contribution in [0.4, 0.5) is 0 Å². The number of rotatable bonds is 5. The number of nitrogens with zero attached hydrogens (tertiary/aromatic N) is 2. The van der Waals surface area contributed by atoms with Crippen molar-refractivity contribution in [3.63, 3.8) is 0 Å². The molecular formula is C22H23N3O3. The molecule has 0 radical (unpaired) electrons. The number of ether oxygens (including phenoxy) is 2. The van der Waals surface area contributed by atoms with Gasteiger partial charge in [-0.25, -0.2) is 4.98 Å². The Bertz CT molecular complexity index is 1030. The molecule has 1 aliphatic rings. The van der Waals surface area contributed by atoms with Crippen LogP contribution in [0.2, 0.25) is 0 Å². The monoisotopic (exact) mass is 377 g/mol. The average Bonchev–Trinajstić information content (AvgIpc) is 2.74. The average molecular weight is 377 g/mol. The zero-order valence-corrected chi connectivity index (χ0v) is 16.1. The fourth-order valence-electron chi connectivity index (χ4n) is 3.58. The molecule has 2 heterocycles. The fraction of sp³-hybridized carbons (Fsp3) is 0.273. The largest absolute Gasteiger partial charge is 0.497 e. The van der Waals surface area contributed by atoms with Gasteiger partial charge in [-0.15, -0.1) is 0 Å². The molecule has 6 heteroatoms. The second-order valence-corrected chi connectivity index (χ2v) is 6.84. The van der Waals surface area contributed by atoms with Crippen LogP contribution in [0.3, 0.4) is 0 Å². The minimum atomic E-state index is -0.0365. The van der Waals surface area contributed by atoms with E-state index in [2.05, 4.69) is 9.88 Å². The first-order chi connectivity index (χ1) is 13.7. The van der Waals surface area contributed by atoms with Crippen LogP contribution in [0.1, 0.15) is 16.8 Å². The maximum Gasteiger partial charge on any atom is 0.254 e. The first-order valence-corrected chi connectivity index (χ1v) is 9.28. The van der Waals surface area contributed by atoms with Gasteiger partial charge in [0.1, 0.15) is 17.3 Å². The number of aromatic amines is 1. The van der Waals surface area contributed by atoms with Gasteiger partial charge >= 0.3 is 0 Å². The van der Waals surface area contributed by atoms with E-state index in [4.69, 9.17) is 14.5 Å². The fourth-order valence-corrected chi connectivity index (χ4v) is 3.58. The molecule has 0 saturated carbocycles. The maximum atomic E-state index is 12.5. The van der Waals surface area contributed by atoms with Gasteiger partial charge in [-0.3, -0.25) is 9.69 Å². The van der Waals surface area contributed by atoms with Gasteiger partial charge in [0.15, 0.2) is 0 Å². The first kappa shape index (κ1) is 18.3. The Balaban J connectivity index is 1.59. The molecule has 144 valence electrons. The van der Waals surface area contributed by atoms with Crippen LogP contribution in [0.5, 0.6) is 11.5 Å². The Morgan fingerprint density at radius 2 is 1.93 bits per heavy atom. The van der Waals surface area contributed by atoms with Crippen molar-refractivity contribution in [1.82, 2.24) is 14.9 Å². The van der Waals surface area contributed by atoms with Crippen molar-refractivity contribution in [3.05, 3.63) is 75.7 Å². The molecule has 0 bridgehead atoms. The van der Waals surface area contributed by atoms with E-state index in [0.29, 0.717) is 18.8 Å². The standard InChI is InChI=1S/C22H23N3O3/c1-27-17-9-8-16(20(12-17)28-2)13-25-11-10-18-19(14-25)23-21(24-22(18)26)15-6-4-3-5-7-15/h3-9,12H,10-11,13-14H2,1-2H3,(H,23,24,26). The smallest absolute Gasteiger partial charge is 0.254 e. The van der Waals surface area contributed by atoms with Crippen molar-refractivity contribution in [2.75, 3.05) is 20.8 Å². The van der Waals surface area contributed by atoms with Gasteiger partial charge in [-0.2, -0.15) is 0 Å². The molecule has 3 aromatic rings. The van der Waals surface area contributed by atoms with E-state index in [-0.39, 0.29) is 5.56 Å². The zero-order valence-electron chi connectivity index (χ0n) is 16.1.